The summed E-state index contributed by atoms with van der Waals surface area (Å²) in [6.45, 7) is 9.29. The molecule has 2 saturated heterocycles. The minimum absolute atomic E-state index is 0.0152. The molecule has 5 heteroatoms. The van der Waals surface area contributed by atoms with E-state index in [9.17, 15) is 4.79 Å². The molecule has 3 aliphatic rings. The molecule has 23 heavy (non-hydrogen) atoms. The first kappa shape index (κ1) is 17.2. The van der Waals surface area contributed by atoms with Gasteiger partial charge in [-0.05, 0) is 51.4 Å². The predicted molar refractivity (Wildman–Crippen MR) is 88.8 cm³/mol. The van der Waals surface area contributed by atoms with E-state index in [0.29, 0.717) is 12.7 Å². The molecule has 0 aromatic carbocycles. The number of likely N-dealkylation sites (tertiary alicyclic amines) is 2. The van der Waals surface area contributed by atoms with Crippen LogP contribution >= 0.6 is 0 Å². The Labute approximate surface area is 140 Å². The fraction of sp³-hybridized carbons (Fsp3) is 0.944. The van der Waals surface area contributed by atoms with Crippen LogP contribution in [0.25, 0.3) is 0 Å². The summed E-state index contributed by atoms with van der Waals surface area (Å²) < 4.78 is 11.7. The smallest absolute Gasteiger partial charge is 0.308 e. The third-order valence-corrected chi connectivity index (χ3v) is 5.47. The molecule has 1 unspecified atom stereocenters. The van der Waals surface area contributed by atoms with Gasteiger partial charge in [-0.3, -0.25) is 14.6 Å². The quantitative estimate of drug-likeness (QED) is 0.702. The molecule has 3 rings (SSSR count). The molecule has 0 spiro atoms. The maximum Gasteiger partial charge on any atom is 0.308 e. The molecular weight excluding hydrogens is 292 g/mol. The van der Waals surface area contributed by atoms with Crippen LogP contribution in [0.2, 0.25) is 0 Å². The van der Waals surface area contributed by atoms with Crippen LogP contribution < -0.4 is 0 Å². The summed E-state index contributed by atoms with van der Waals surface area (Å²) in [6.07, 6.45) is 6.82. The van der Waals surface area contributed by atoms with Gasteiger partial charge in [0.15, 0.2) is 6.35 Å². The molecule has 2 heterocycles. The molecule has 0 radical (unpaired) electrons. The van der Waals surface area contributed by atoms with Gasteiger partial charge in [0.05, 0.1) is 18.6 Å². The summed E-state index contributed by atoms with van der Waals surface area (Å²) in [6, 6.07) is 0. The number of hydrogen-bond acceptors (Lipinski definition) is 5. The lowest BCUT2D eigenvalue weighted by Crippen LogP contribution is -2.59. The number of carbonyl (C=O) groups is 1. The van der Waals surface area contributed by atoms with E-state index in [-0.39, 0.29) is 18.2 Å². The predicted octanol–water partition coefficient (Wildman–Crippen LogP) is 2.46. The zero-order chi connectivity index (χ0) is 16.2. The van der Waals surface area contributed by atoms with Crippen molar-refractivity contribution >= 4 is 5.97 Å². The Hall–Kier alpha value is -0.650. The molecular formula is C18H32N2O3. The van der Waals surface area contributed by atoms with E-state index >= 15 is 0 Å². The number of rotatable bonds is 6. The molecule has 1 saturated carbocycles. The van der Waals surface area contributed by atoms with Crippen LogP contribution in [0, 0.1) is 11.8 Å². The minimum Gasteiger partial charge on any atom is -0.466 e. The van der Waals surface area contributed by atoms with Gasteiger partial charge in [0.1, 0.15) is 0 Å². The molecule has 3 fully saturated rings. The summed E-state index contributed by atoms with van der Waals surface area (Å²) >= 11 is 0. The van der Waals surface area contributed by atoms with Crippen LogP contribution in [-0.2, 0) is 14.3 Å². The van der Waals surface area contributed by atoms with Crippen LogP contribution in [-0.4, -0.2) is 61.0 Å². The van der Waals surface area contributed by atoms with Crippen LogP contribution in [0.3, 0.4) is 0 Å². The Balaban J connectivity index is 1.49. The highest BCUT2D eigenvalue weighted by molar-refractivity contribution is 5.72. The van der Waals surface area contributed by atoms with Crippen molar-refractivity contribution in [1.82, 2.24) is 9.80 Å². The van der Waals surface area contributed by atoms with Crippen molar-refractivity contribution in [3.8, 4) is 0 Å². The first-order valence-electron chi connectivity index (χ1n) is 9.47. The van der Waals surface area contributed by atoms with Gasteiger partial charge in [0.2, 0.25) is 0 Å². The van der Waals surface area contributed by atoms with Gasteiger partial charge in [-0.25, -0.2) is 0 Å². The molecule has 132 valence electrons. The summed E-state index contributed by atoms with van der Waals surface area (Å²) in [5, 5.41) is 0. The zero-order valence-electron chi connectivity index (χ0n) is 14.7. The van der Waals surface area contributed by atoms with Gasteiger partial charge in [-0.2, -0.15) is 0 Å². The molecule has 0 N–H and O–H groups in total. The lowest BCUT2D eigenvalue weighted by atomic mass is 9.87. The summed E-state index contributed by atoms with van der Waals surface area (Å²) in [4.78, 5) is 16.8. The van der Waals surface area contributed by atoms with E-state index in [0.717, 1.165) is 57.8 Å². The van der Waals surface area contributed by atoms with Gasteiger partial charge in [0, 0.05) is 26.2 Å². The van der Waals surface area contributed by atoms with Crippen molar-refractivity contribution in [2.75, 3.05) is 32.8 Å². The second kappa shape index (κ2) is 7.95. The van der Waals surface area contributed by atoms with E-state index in [2.05, 4.69) is 16.7 Å². The van der Waals surface area contributed by atoms with Gasteiger partial charge in [-0.15, -0.1) is 0 Å². The Bertz CT molecular complexity index is 384. The Morgan fingerprint density at radius 2 is 1.74 bits per heavy atom. The lowest BCUT2D eigenvalue weighted by molar-refractivity contribution is -0.208. The summed E-state index contributed by atoms with van der Waals surface area (Å²) in [5.41, 5.74) is 0. The number of carbonyl (C=O) groups excluding carboxylic acids is 1. The molecule has 0 aromatic rings. The average Bonchev–Trinajstić information content (AvgIpc) is 3.05. The minimum atomic E-state index is -0.0152. The van der Waals surface area contributed by atoms with E-state index in [4.69, 9.17) is 9.47 Å². The largest absolute Gasteiger partial charge is 0.466 e. The molecule has 0 bridgehead atoms. The van der Waals surface area contributed by atoms with Crippen LogP contribution in [0.4, 0.5) is 0 Å². The standard InChI is InChI=1S/C18H32N2O3/c1-3-22-17(21)15-6-8-16(9-7-15)23-18(19-10-4-5-11-19)20-12-14(2)13-20/h14-16,18H,3-13H2,1-2H3. The Morgan fingerprint density at radius 1 is 1.09 bits per heavy atom. The van der Waals surface area contributed by atoms with E-state index in [1.54, 1.807) is 0 Å². The van der Waals surface area contributed by atoms with Gasteiger partial charge < -0.3 is 9.47 Å². The third-order valence-electron chi connectivity index (χ3n) is 5.47. The average molecular weight is 324 g/mol. The summed E-state index contributed by atoms with van der Waals surface area (Å²) in [5.74, 6) is 0.867. The van der Waals surface area contributed by atoms with E-state index in [1.165, 1.54) is 12.8 Å². The molecule has 0 aromatic heterocycles. The first-order chi connectivity index (χ1) is 11.2. The van der Waals surface area contributed by atoms with Gasteiger partial charge in [0.25, 0.3) is 0 Å². The van der Waals surface area contributed by atoms with Crippen molar-refractivity contribution < 1.29 is 14.3 Å². The second-order valence-electron chi connectivity index (χ2n) is 7.49. The fourth-order valence-electron chi connectivity index (χ4n) is 4.16. The highest BCUT2D eigenvalue weighted by Gasteiger charge is 2.37. The molecule has 1 atom stereocenters. The summed E-state index contributed by atoms with van der Waals surface area (Å²) in [7, 11) is 0. The molecule has 5 nitrogen and oxygen atoms in total. The van der Waals surface area contributed by atoms with E-state index < -0.39 is 0 Å². The molecule has 2 aliphatic heterocycles. The van der Waals surface area contributed by atoms with Crippen LogP contribution in [0.1, 0.15) is 52.4 Å². The topological polar surface area (TPSA) is 42.0 Å². The Morgan fingerprint density at radius 3 is 2.30 bits per heavy atom. The van der Waals surface area contributed by atoms with Crippen molar-refractivity contribution in [2.24, 2.45) is 11.8 Å². The third kappa shape index (κ3) is 4.25. The highest BCUT2D eigenvalue weighted by atomic mass is 16.5. The number of ether oxygens (including phenoxy) is 2. The van der Waals surface area contributed by atoms with Crippen molar-refractivity contribution in [2.45, 2.75) is 64.8 Å². The van der Waals surface area contributed by atoms with Crippen LogP contribution in [0.5, 0.6) is 0 Å². The monoisotopic (exact) mass is 324 g/mol. The van der Waals surface area contributed by atoms with Gasteiger partial charge >= 0.3 is 5.97 Å². The van der Waals surface area contributed by atoms with Crippen molar-refractivity contribution in [1.29, 1.82) is 0 Å². The first-order valence-corrected chi connectivity index (χ1v) is 9.47. The normalized spacial score (nSPS) is 31.7. The molecule has 1 aliphatic carbocycles. The Kier molecular flexibility index (Phi) is 5.94. The highest BCUT2D eigenvalue weighted by Crippen LogP contribution is 2.31. The van der Waals surface area contributed by atoms with Crippen molar-refractivity contribution in [3.63, 3.8) is 0 Å². The molecule has 0 amide bonds. The lowest BCUT2D eigenvalue weighted by Gasteiger charge is -2.47. The van der Waals surface area contributed by atoms with Gasteiger partial charge in [-0.1, -0.05) is 6.92 Å². The SMILES string of the molecule is CCOC(=O)C1CCC(OC(N2CCCC2)N2CC(C)C2)CC1. The maximum atomic E-state index is 11.9. The zero-order valence-corrected chi connectivity index (χ0v) is 14.7. The van der Waals surface area contributed by atoms with E-state index in [1.807, 2.05) is 6.92 Å². The second-order valence-corrected chi connectivity index (χ2v) is 7.49. The fourth-order valence-corrected chi connectivity index (χ4v) is 4.16. The number of hydrogen-bond donors (Lipinski definition) is 0. The maximum absolute atomic E-state index is 11.9. The van der Waals surface area contributed by atoms with Crippen LogP contribution in [0.15, 0.2) is 0 Å². The van der Waals surface area contributed by atoms with Crippen molar-refractivity contribution in [3.05, 3.63) is 0 Å². The number of nitrogens with zero attached hydrogens (tertiary/aromatic N) is 2. The number of esters is 1.